The highest BCUT2D eigenvalue weighted by Gasteiger charge is 2.37. The van der Waals surface area contributed by atoms with Crippen molar-refractivity contribution in [3.63, 3.8) is 0 Å². The molecule has 1 aliphatic heterocycles. The van der Waals surface area contributed by atoms with Gasteiger partial charge >= 0.3 is 0 Å². The zero-order valence-corrected chi connectivity index (χ0v) is 13.2. The number of halogens is 2. The zero-order chi connectivity index (χ0) is 11.2. The first kappa shape index (κ1) is 11.8. The molecule has 0 N–H and O–H groups in total. The Bertz CT molecular complexity index is 414. The largest absolute Gasteiger partial charge is 0.495 e. The highest BCUT2D eigenvalue weighted by molar-refractivity contribution is 14.1. The molecule has 0 amide bonds. The van der Waals surface area contributed by atoms with E-state index in [0.717, 1.165) is 21.7 Å². The second-order valence-electron chi connectivity index (χ2n) is 4.25. The molecule has 0 unspecified atom stereocenters. The Kier molecular flexibility index (Phi) is 3.09. The van der Waals surface area contributed by atoms with E-state index in [1.807, 2.05) is 0 Å². The predicted octanol–water partition coefficient (Wildman–Crippen LogP) is 3.57. The molecule has 0 saturated carbocycles. The highest BCUT2D eigenvalue weighted by Crippen LogP contribution is 2.48. The molecular formula is C11H12I2O2. The molecule has 4 heteroatoms. The Balaban J connectivity index is 2.74. The van der Waals surface area contributed by atoms with Crippen molar-refractivity contribution in [1.29, 1.82) is 0 Å². The molecule has 0 aliphatic carbocycles. The molecule has 2 rings (SSSR count). The maximum Gasteiger partial charge on any atom is 0.140 e. The number of hydrogen-bond acceptors (Lipinski definition) is 2. The van der Waals surface area contributed by atoms with Gasteiger partial charge in [-0.25, -0.2) is 0 Å². The van der Waals surface area contributed by atoms with E-state index in [0.29, 0.717) is 0 Å². The Hall–Kier alpha value is 0.280. The minimum absolute atomic E-state index is 0.0434. The first-order valence-corrected chi connectivity index (χ1v) is 6.82. The van der Waals surface area contributed by atoms with Gasteiger partial charge in [-0.05, 0) is 51.2 Å². The van der Waals surface area contributed by atoms with E-state index in [9.17, 15) is 0 Å². The SMILES string of the molecule is COc1c(I)cc(I)c2c1C(C)(C)CO2. The van der Waals surface area contributed by atoms with E-state index in [4.69, 9.17) is 9.47 Å². The van der Waals surface area contributed by atoms with Crippen molar-refractivity contribution >= 4 is 45.2 Å². The summed E-state index contributed by atoms with van der Waals surface area (Å²) in [5.41, 5.74) is 1.25. The van der Waals surface area contributed by atoms with Crippen LogP contribution in [0.4, 0.5) is 0 Å². The van der Waals surface area contributed by atoms with Crippen molar-refractivity contribution in [2.75, 3.05) is 13.7 Å². The average molecular weight is 430 g/mol. The third kappa shape index (κ3) is 1.83. The van der Waals surface area contributed by atoms with Crippen LogP contribution in [0.25, 0.3) is 0 Å². The van der Waals surface area contributed by atoms with Gasteiger partial charge in [0.1, 0.15) is 11.5 Å². The fourth-order valence-electron chi connectivity index (χ4n) is 1.86. The Morgan fingerprint density at radius 3 is 2.60 bits per heavy atom. The van der Waals surface area contributed by atoms with Crippen LogP contribution in [0.3, 0.4) is 0 Å². The molecule has 1 aromatic carbocycles. The van der Waals surface area contributed by atoms with Crippen LogP contribution in [0.2, 0.25) is 0 Å². The van der Waals surface area contributed by atoms with Crippen LogP contribution in [0.15, 0.2) is 6.07 Å². The van der Waals surface area contributed by atoms with Gasteiger partial charge in [-0.1, -0.05) is 13.8 Å². The van der Waals surface area contributed by atoms with Gasteiger partial charge in [-0.2, -0.15) is 0 Å². The first-order chi connectivity index (χ1) is 6.97. The van der Waals surface area contributed by atoms with E-state index in [1.165, 1.54) is 9.13 Å². The summed E-state index contributed by atoms with van der Waals surface area (Å²) in [6, 6.07) is 2.10. The molecule has 82 valence electrons. The predicted molar refractivity (Wildman–Crippen MR) is 76.9 cm³/mol. The lowest BCUT2D eigenvalue weighted by atomic mass is 9.86. The molecule has 0 atom stereocenters. The summed E-state index contributed by atoms with van der Waals surface area (Å²) >= 11 is 4.63. The molecule has 0 fully saturated rings. The van der Waals surface area contributed by atoms with Gasteiger partial charge in [0.2, 0.25) is 0 Å². The van der Waals surface area contributed by atoms with E-state index in [-0.39, 0.29) is 5.41 Å². The fraction of sp³-hybridized carbons (Fsp3) is 0.455. The maximum atomic E-state index is 5.75. The summed E-state index contributed by atoms with van der Waals surface area (Å²) in [7, 11) is 1.72. The van der Waals surface area contributed by atoms with Crippen molar-refractivity contribution in [2.45, 2.75) is 19.3 Å². The molecule has 1 aliphatic rings. The van der Waals surface area contributed by atoms with Crippen molar-refractivity contribution in [2.24, 2.45) is 0 Å². The number of rotatable bonds is 1. The number of methoxy groups -OCH3 is 1. The quantitative estimate of drug-likeness (QED) is 0.635. The normalized spacial score (nSPS) is 17.1. The minimum Gasteiger partial charge on any atom is -0.495 e. The number of hydrogen-bond donors (Lipinski definition) is 0. The van der Waals surface area contributed by atoms with Crippen LogP contribution in [-0.4, -0.2) is 13.7 Å². The maximum absolute atomic E-state index is 5.75. The molecule has 0 aromatic heterocycles. The second kappa shape index (κ2) is 3.94. The van der Waals surface area contributed by atoms with Gasteiger partial charge in [-0.3, -0.25) is 0 Å². The molecular weight excluding hydrogens is 418 g/mol. The van der Waals surface area contributed by atoms with Gasteiger partial charge in [-0.15, -0.1) is 0 Å². The topological polar surface area (TPSA) is 18.5 Å². The molecule has 0 saturated heterocycles. The monoisotopic (exact) mass is 430 g/mol. The average Bonchev–Trinajstić information content (AvgIpc) is 2.44. The van der Waals surface area contributed by atoms with E-state index in [2.05, 4.69) is 65.1 Å². The van der Waals surface area contributed by atoms with Crippen molar-refractivity contribution in [3.05, 3.63) is 18.8 Å². The fourth-order valence-corrected chi connectivity index (χ4v) is 4.00. The Labute approximate surface area is 117 Å². The molecule has 0 spiro atoms. The summed E-state index contributed by atoms with van der Waals surface area (Å²) in [5.74, 6) is 1.96. The van der Waals surface area contributed by atoms with Gasteiger partial charge in [0.15, 0.2) is 0 Å². The number of benzene rings is 1. The lowest BCUT2D eigenvalue weighted by Crippen LogP contribution is -2.19. The number of fused-ring (bicyclic) bond motifs is 1. The molecule has 15 heavy (non-hydrogen) atoms. The van der Waals surface area contributed by atoms with Gasteiger partial charge in [0.05, 0.1) is 20.9 Å². The standard InChI is InChI=1S/C11H12I2O2/c1-11(2)5-15-10-7(13)4-6(12)9(14-3)8(10)11/h4H,5H2,1-3H3. The second-order valence-corrected chi connectivity index (χ2v) is 6.57. The van der Waals surface area contributed by atoms with Gasteiger partial charge in [0, 0.05) is 11.0 Å². The van der Waals surface area contributed by atoms with Crippen LogP contribution in [0, 0.1) is 7.14 Å². The summed E-state index contributed by atoms with van der Waals surface area (Å²) in [6.07, 6.45) is 0. The molecule has 1 aromatic rings. The molecule has 0 bridgehead atoms. The number of ether oxygens (including phenoxy) is 2. The molecule has 1 heterocycles. The van der Waals surface area contributed by atoms with Crippen LogP contribution in [-0.2, 0) is 5.41 Å². The zero-order valence-electron chi connectivity index (χ0n) is 8.86. The first-order valence-electron chi connectivity index (χ1n) is 4.66. The summed E-state index contributed by atoms with van der Waals surface area (Å²) in [5, 5.41) is 0. The molecule has 2 nitrogen and oxygen atoms in total. The van der Waals surface area contributed by atoms with E-state index >= 15 is 0 Å². The van der Waals surface area contributed by atoms with Crippen molar-refractivity contribution < 1.29 is 9.47 Å². The van der Waals surface area contributed by atoms with Crippen LogP contribution >= 0.6 is 45.2 Å². The van der Waals surface area contributed by atoms with Gasteiger partial charge in [0.25, 0.3) is 0 Å². The summed E-state index contributed by atoms with van der Waals surface area (Å²) in [6.45, 7) is 5.11. The van der Waals surface area contributed by atoms with E-state index in [1.54, 1.807) is 7.11 Å². The van der Waals surface area contributed by atoms with Crippen molar-refractivity contribution in [1.82, 2.24) is 0 Å². The highest BCUT2D eigenvalue weighted by atomic mass is 127. The lowest BCUT2D eigenvalue weighted by molar-refractivity contribution is 0.288. The third-order valence-corrected chi connectivity index (χ3v) is 4.20. The summed E-state index contributed by atoms with van der Waals surface area (Å²) < 4.78 is 13.6. The molecule has 0 radical (unpaired) electrons. The Morgan fingerprint density at radius 2 is 2.00 bits per heavy atom. The minimum atomic E-state index is 0.0434. The Morgan fingerprint density at radius 1 is 1.33 bits per heavy atom. The smallest absolute Gasteiger partial charge is 0.140 e. The van der Waals surface area contributed by atoms with Crippen molar-refractivity contribution in [3.8, 4) is 11.5 Å². The van der Waals surface area contributed by atoms with Crippen LogP contribution < -0.4 is 9.47 Å². The van der Waals surface area contributed by atoms with Gasteiger partial charge < -0.3 is 9.47 Å². The van der Waals surface area contributed by atoms with Crippen LogP contribution in [0.1, 0.15) is 19.4 Å². The lowest BCUT2D eigenvalue weighted by Gasteiger charge is -2.19. The third-order valence-electron chi connectivity index (χ3n) is 2.60. The van der Waals surface area contributed by atoms with Crippen LogP contribution in [0.5, 0.6) is 11.5 Å². The van der Waals surface area contributed by atoms with E-state index < -0.39 is 0 Å². The summed E-state index contributed by atoms with van der Waals surface area (Å²) in [4.78, 5) is 0.